The molecular formula is C18H18N2O2S. The van der Waals surface area contributed by atoms with Gasteiger partial charge in [-0.15, -0.1) is 0 Å². The van der Waals surface area contributed by atoms with Gasteiger partial charge in [-0.1, -0.05) is 42.5 Å². The van der Waals surface area contributed by atoms with Gasteiger partial charge in [-0.25, -0.2) is 8.42 Å². The summed E-state index contributed by atoms with van der Waals surface area (Å²) in [6, 6.07) is 19.9. The van der Waals surface area contributed by atoms with Gasteiger partial charge in [0.15, 0.2) is 0 Å². The molecule has 0 saturated heterocycles. The molecule has 0 saturated carbocycles. The summed E-state index contributed by atoms with van der Waals surface area (Å²) in [6.07, 6.45) is 0. The van der Waals surface area contributed by atoms with Crippen molar-refractivity contribution in [2.75, 3.05) is 23.7 Å². The van der Waals surface area contributed by atoms with E-state index in [0.29, 0.717) is 11.1 Å². The molecule has 5 heteroatoms. The van der Waals surface area contributed by atoms with Crippen LogP contribution in [0.4, 0.5) is 11.4 Å². The van der Waals surface area contributed by atoms with Crippen LogP contribution in [0.1, 0.15) is 0 Å². The predicted octanol–water partition coefficient (Wildman–Crippen LogP) is 3.71. The third-order valence-electron chi connectivity index (χ3n) is 3.66. The lowest BCUT2D eigenvalue weighted by Gasteiger charge is -2.17. The van der Waals surface area contributed by atoms with Crippen LogP contribution in [0.15, 0.2) is 71.6 Å². The van der Waals surface area contributed by atoms with E-state index in [1.54, 1.807) is 36.4 Å². The summed E-state index contributed by atoms with van der Waals surface area (Å²) < 4.78 is 28.2. The number of nitrogens with one attached hydrogen (secondary N) is 1. The Morgan fingerprint density at radius 3 is 2.13 bits per heavy atom. The first-order chi connectivity index (χ1) is 11.0. The summed E-state index contributed by atoms with van der Waals surface area (Å²) in [4.78, 5) is 2.26. The van der Waals surface area contributed by atoms with E-state index in [0.717, 1.165) is 11.1 Å². The minimum atomic E-state index is -3.65. The van der Waals surface area contributed by atoms with Crippen LogP contribution >= 0.6 is 0 Å². The molecule has 0 bridgehead atoms. The summed E-state index contributed by atoms with van der Waals surface area (Å²) in [7, 11) is 0.234. The topological polar surface area (TPSA) is 49.4 Å². The molecule has 118 valence electrons. The fourth-order valence-electron chi connectivity index (χ4n) is 2.61. The normalized spacial score (nSPS) is 11.4. The Labute approximate surface area is 136 Å². The molecule has 0 heterocycles. The van der Waals surface area contributed by atoms with Gasteiger partial charge in [0.05, 0.1) is 4.90 Å². The van der Waals surface area contributed by atoms with Gasteiger partial charge in [-0.05, 0) is 24.3 Å². The molecule has 1 N–H and O–H groups in total. The molecule has 0 unspecified atom stereocenters. The van der Waals surface area contributed by atoms with Crippen molar-refractivity contribution in [3.63, 3.8) is 0 Å². The van der Waals surface area contributed by atoms with E-state index in [-0.39, 0.29) is 4.90 Å². The molecular weight excluding hydrogens is 308 g/mol. The Bertz CT molecular complexity index is 936. The lowest BCUT2D eigenvalue weighted by atomic mass is 10.1. The van der Waals surface area contributed by atoms with Crippen LogP contribution in [0, 0.1) is 0 Å². The quantitative estimate of drug-likeness (QED) is 0.795. The number of sulfonamides is 1. The third-order valence-corrected chi connectivity index (χ3v) is 5.10. The van der Waals surface area contributed by atoms with Crippen molar-refractivity contribution >= 4 is 32.2 Å². The van der Waals surface area contributed by atoms with Crippen molar-refractivity contribution in [2.45, 2.75) is 4.90 Å². The second kappa shape index (κ2) is 5.93. The van der Waals surface area contributed by atoms with E-state index < -0.39 is 10.0 Å². The highest BCUT2D eigenvalue weighted by Crippen LogP contribution is 2.30. The first kappa shape index (κ1) is 15.4. The maximum absolute atomic E-state index is 12.8. The molecule has 23 heavy (non-hydrogen) atoms. The van der Waals surface area contributed by atoms with Crippen molar-refractivity contribution in [1.29, 1.82) is 0 Å². The van der Waals surface area contributed by atoms with Crippen molar-refractivity contribution in [2.24, 2.45) is 0 Å². The number of hydrogen-bond donors (Lipinski definition) is 1. The van der Waals surface area contributed by atoms with E-state index in [9.17, 15) is 8.42 Å². The summed E-state index contributed by atoms with van der Waals surface area (Å²) in [5, 5.41) is 1.62. The Balaban J connectivity index is 2.14. The highest BCUT2D eigenvalue weighted by atomic mass is 32.2. The molecule has 0 spiro atoms. The first-order valence-corrected chi connectivity index (χ1v) is 8.74. The second-order valence-corrected chi connectivity index (χ2v) is 7.15. The highest BCUT2D eigenvalue weighted by Gasteiger charge is 2.18. The van der Waals surface area contributed by atoms with Gasteiger partial charge < -0.3 is 4.90 Å². The van der Waals surface area contributed by atoms with Crippen molar-refractivity contribution < 1.29 is 8.42 Å². The lowest BCUT2D eigenvalue weighted by Crippen LogP contribution is -2.14. The molecule has 0 radical (unpaired) electrons. The van der Waals surface area contributed by atoms with Crippen molar-refractivity contribution in [3.05, 3.63) is 66.7 Å². The average Bonchev–Trinajstić information content (AvgIpc) is 2.54. The van der Waals surface area contributed by atoms with Gasteiger partial charge in [-0.3, -0.25) is 4.72 Å². The molecule has 0 aliphatic carbocycles. The van der Waals surface area contributed by atoms with E-state index in [1.807, 2.05) is 49.3 Å². The van der Waals surface area contributed by atoms with Crippen LogP contribution in [-0.4, -0.2) is 22.5 Å². The highest BCUT2D eigenvalue weighted by molar-refractivity contribution is 7.93. The molecule has 0 aromatic heterocycles. The zero-order chi connectivity index (χ0) is 16.4. The fraction of sp³-hybridized carbons (Fsp3) is 0.111. The van der Waals surface area contributed by atoms with Gasteiger partial charge in [0.2, 0.25) is 0 Å². The van der Waals surface area contributed by atoms with Crippen LogP contribution in [0.25, 0.3) is 10.8 Å². The van der Waals surface area contributed by atoms with Gasteiger partial charge in [0, 0.05) is 36.2 Å². The minimum Gasteiger partial charge on any atom is -0.377 e. The molecule has 4 nitrogen and oxygen atoms in total. The first-order valence-electron chi connectivity index (χ1n) is 7.26. The number of benzene rings is 3. The average molecular weight is 326 g/mol. The summed E-state index contributed by atoms with van der Waals surface area (Å²) >= 11 is 0. The zero-order valence-corrected chi connectivity index (χ0v) is 13.8. The smallest absolute Gasteiger partial charge is 0.262 e. The Morgan fingerprint density at radius 2 is 1.43 bits per heavy atom. The van der Waals surface area contributed by atoms with Crippen molar-refractivity contribution in [1.82, 2.24) is 0 Å². The SMILES string of the molecule is CN(C)c1cccc2c(S(=O)(=O)Nc3ccccc3)cccc12. The second-order valence-electron chi connectivity index (χ2n) is 5.49. The third kappa shape index (κ3) is 3.00. The molecule has 3 aromatic rings. The Hall–Kier alpha value is -2.53. The monoisotopic (exact) mass is 326 g/mol. The molecule has 3 aromatic carbocycles. The van der Waals surface area contributed by atoms with Gasteiger partial charge in [-0.2, -0.15) is 0 Å². The van der Waals surface area contributed by atoms with Gasteiger partial charge in [0.1, 0.15) is 0 Å². The number of fused-ring (bicyclic) bond motifs is 1. The minimum absolute atomic E-state index is 0.280. The predicted molar refractivity (Wildman–Crippen MR) is 95.5 cm³/mol. The maximum Gasteiger partial charge on any atom is 0.262 e. The van der Waals surface area contributed by atoms with E-state index in [2.05, 4.69) is 4.72 Å². The van der Waals surface area contributed by atoms with Crippen LogP contribution < -0.4 is 9.62 Å². The number of anilines is 2. The molecule has 0 aliphatic rings. The molecule has 0 amide bonds. The van der Waals surface area contributed by atoms with Crippen molar-refractivity contribution in [3.8, 4) is 0 Å². The number of para-hydroxylation sites is 1. The van der Waals surface area contributed by atoms with Crippen LogP contribution in [0.5, 0.6) is 0 Å². The summed E-state index contributed by atoms with van der Waals surface area (Å²) in [6.45, 7) is 0. The zero-order valence-electron chi connectivity index (χ0n) is 13.0. The Morgan fingerprint density at radius 1 is 0.783 bits per heavy atom. The number of hydrogen-bond acceptors (Lipinski definition) is 3. The van der Waals surface area contributed by atoms with E-state index in [4.69, 9.17) is 0 Å². The lowest BCUT2D eigenvalue weighted by molar-refractivity contribution is 0.602. The van der Waals surface area contributed by atoms with E-state index in [1.165, 1.54) is 0 Å². The molecule has 0 aliphatic heterocycles. The van der Waals surface area contributed by atoms with Crippen LogP contribution in [-0.2, 0) is 10.0 Å². The van der Waals surface area contributed by atoms with Gasteiger partial charge in [0.25, 0.3) is 10.0 Å². The number of nitrogens with zero attached hydrogens (tertiary/aromatic N) is 1. The van der Waals surface area contributed by atoms with Gasteiger partial charge >= 0.3 is 0 Å². The Kier molecular flexibility index (Phi) is 3.96. The molecule has 0 fully saturated rings. The van der Waals surface area contributed by atoms with E-state index >= 15 is 0 Å². The largest absolute Gasteiger partial charge is 0.377 e. The van der Waals surface area contributed by atoms with Crippen LogP contribution in [0.2, 0.25) is 0 Å². The summed E-state index contributed by atoms with van der Waals surface area (Å²) in [5.41, 5.74) is 1.53. The molecule has 3 rings (SSSR count). The van der Waals surface area contributed by atoms with Crippen LogP contribution in [0.3, 0.4) is 0 Å². The molecule has 0 atom stereocenters. The fourth-order valence-corrected chi connectivity index (χ4v) is 3.89. The number of rotatable bonds is 4. The standard InChI is InChI=1S/C18H18N2O2S/c1-20(2)17-12-6-11-16-15(17)10-7-13-18(16)23(21,22)19-14-8-4-3-5-9-14/h3-13,19H,1-2H3. The summed E-state index contributed by atoms with van der Waals surface area (Å²) in [5.74, 6) is 0. The maximum atomic E-state index is 12.8.